The molecule has 160 valence electrons. The van der Waals surface area contributed by atoms with Crippen molar-refractivity contribution in [3.05, 3.63) is 63.6 Å². The maximum atomic E-state index is 12.9. The fourth-order valence-corrected chi connectivity index (χ4v) is 3.13. The van der Waals surface area contributed by atoms with E-state index >= 15 is 0 Å². The first-order valence-corrected chi connectivity index (χ1v) is 9.49. The van der Waals surface area contributed by atoms with Gasteiger partial charge in [-0.2, -0.15) is 5.10 Å². The number of carboxylic acid groups (broad SMARTS) is 1. The van der Waals surface area contributed by atoms with Gasteiger partial charge in [-0.3, -0.25) is 19.2 Å². The molecule has 0 saturated carbocycles. The third-order valence-corrected chi connectivity index (χ3v) is 4.84. The van der Waals surface area contributed by atoms with Crippen LogP contribution in [0.3, 0.4) is 0 Å². The van der Waals surface area contributed by atoms with E-state index < -0.39 is 48.3 Å². The van der Waals surface area contributed by atoms with Gasteiger partial charge in [0.1, 0.15) is 12.7 Å². The second-order valence-electron chi connectivity index (χ2n) is 6.90. The van der Waals surface area contributed by atoms with Crippen molar-refractivity contribution in [2.45, 2.75) is 45.2 Å². The molecule has 1 aromatic heterocycles. The molecule has 0 saturated heterocycles. The number of nitrogens with zero attached hydrogens (tertiary/aromatic N) is 2. The number of carboxylic acids is 1. The number of aryl methyl sites for hydroxylation is 1. The van der Waals surface area contributed by atoms with Crippen LogP contribution in [0.15, 0.2) is 41.3 Å². The van der Waals surface area contributed by atoms with Gasteiger partial charge in [-0.15, -0.1) is 0 Å². The van der Waals surface area contributed by atoms with Crippen LogP contribution in [0.1, 0.15) is 42.4 Å². The molecule has 1 aromatic carbocycles. The van der Waals surface area contributed by atoms with E-state index in [4.69, 9.17) is 5.11 Å². The zero-order valence-electron chi connectivity index (χ0n) is 16.8. The van der Waals surface area contributed by atoms with Crippen molar-refractivity contribution in [3.8, 4) is 0 Å². The number of hydrogen-bond donors (Lipinski definition) is 2. The molecule has 2 N–H and O–H groups in total. The zero-order chi connectivity index (χ0) is 22.3. The number of rotatable bonds is 10. The van der Waals surface area contributed by atoms with Gasteiger partial charge >= 0.3 is 5.97 Å². The van der Waals surface area contributed by atoms with Crippen molar-refractivity contribution >= 4 is 17.7 Å². The minimum atomic E-state index is -1.50. The molecule has 30 heavy (non-hydrogen) atoms. The Kier molecular flexibility index (Phi) is 7.97. The average Bonchev–Trinajstić information content (AvgIpc) is 2.71. The van der Waals surface area contributed by atoms with Crippen LogP contribution < -0.4 is 10.9 Å². The molecule has 0 aliphatic rings. The molecular weight excluding hydrogens is 393 g/mol. The normalized spacial score (nSPS) is 12.8. The van der Waals surface area contributed by atoms with Crippen molar-refractivity contribution in [2.75, 3.05) is 6.67 Å². The van der Waals surface area contributed by atoms with E-state index in [2.05, 4.69) is 10.4 Å². The maximum absolute atomic E-state index is 12.9. The zero-order valence-corrected chi connectivity index (χ0v) is 16.8. The molecule has 0 radical (unpaired) electrons. The van der Waals surface area contributed by atoms with Gasteiger partial charge in [-0.1, -0.05) is 31.2 Å². The summed E-state index contributed by atoms with van der Waals surface area (Å²) >= 11 is 0. The number of carbonyl (C=O) groups is 3. The summed E-state index contributed by atoms with van der Waals surface area (Å²) in [5.41, 5.74) is 1.59. The number of ketones is 1. The topological polar surface area (TPSA) is 118 Å². The van der Waals surface area contributed by atoms with Gasteiger partial charge in [0.15, 0.2) is 5.78 Å². The number of benzene rings is 1. The number of aromatic nitrogens is 2. The van der Waals surface area contributed by atoms with Crippen LogP contribution in [-0.4, -0.2) is 45.3 Å². The van der Waals surface area contributed by atoms with Crippen molar-refractivity contribution in [3.63, 3.8) is 0 Å². The summed E-state index contributed by atoms with van der Waals surface area (Å²) in [6.07, 6.45) is 0.893. The van der Waals surface area contributed by atoms with Gasteiger partial charge in [0.2, 0.25) is 5.91 Å². The Balaban J connectivity index is 2.30. The Morgan fingerprint density at radius 3 is 2.53 bits per heavy atom. The highest BCUT2D eigenvalue weighted by Crippen LogP contribution is 2.17. The van der Waals surface area contributed by atoms with E-state index in [9.17, 15) is 23.6 Å². The molecule has 1 amide bonds. The first-order chi connectivity index (χ1) is 14.3. The van der Waals surface area contributed by atoms with Gasteiger partial charge in [0.25, 0.3) is 5.56 Å². The lowest BCUT2D eigenvalue weighted by Gasteiger charge is -2.20. The highest BCUT2D eigenvalue weighted by atomic mass is 19.1. The molecule has 0 aliphatic carbocycles. The summed E-state index contributed by atoms with van der Waals surface area (Å²) in [5.74, 6) is -4.03. The summed E-state index contributed by atoms with van der Waals surface area (Å²) in [6.45, 7) is 2.42. The Labute approximate surface area is 172 Å². The highest BCUT2D eigenvalue weighted by molar-refractivity contribution is 5.94. The van der Waals surface area contributed by atoms with Crippen LogP contribution in [-0.2, 0) is 20.9 Å². The quantitative estimate of drug-likeness (QED) is 0.606. The lowest BCUT2D eigenvalue weighted by atomic mass is 9.96. The van der Waals surface area contributed by atoms with Crippen molar-refractivity contribution < 1.29 is 23.9 Å². The lowest BCUT2D eigenvalue weighted by molar-refractivity contribution is -0.140. The van der Waals surface area contributed by atoms with E-state index in [1.165, 1.54) is 16.9 Å². The van der Waals surface area contributed by atoms with Crippen LogP contribution in [0.25, 0.3) is 0 Å². The standard InChI is InChI=1S/C21H24FN3O5/c1-3-15(20(29)24-17(10-19(27)28)18(26)11-22)16-8-9-23-25(21(16)30)12-14-7-5-4-6-13(14)2/h4-9,15,17H,3,10-12H2,1-2H3,(H,24,29)(H,27,28). The lowest BCUT2D eigenvalue weighted by Crippen LogP contribution is -2.45. The minimum Gasteiger partial charge on any atom is -0.481 e. The molecule has 2 unspecified atom stereocenters. The first-order valence-electron chi connectivity index (χ1n) is 9.49. The van der Waals surface area contributed by atoms with Gasteiger partial charge in [0.05, 0.1) is 18.9 Å². The summed E-state index contributed by atoms with van der Waals surface area (Å²) in [6, 6.07) is 7.45. The Bertz CT molecular complexity index is 989. The minimum absolute atomic E-state index is 0.167. The van der Waals surface area contributed by atoms with Crippen LogP contribution in [0.4, 0.5) is 4.39 Å². The summed E-state index contributed by atoms with van der Waals surface area (Å²) in [5, 5.41) is 15.3. The fourth-order valence-electron chi connectivity index (χ4n) is 3.13. The van der Waals surface area contributed by atoms with Gasteiger partial charge in [-0.05, 0) is 30.5 Å². The number of aliphatic carboxylic acids is 1. The van der Waals surface area contributed by atoms with Crippen LogP contribution in [0.5, 0.6) is 0 Å². The predicted octanol–water partition coefficient (Wildman–Crippen LogP) is 1.59. The van der Waals surface area contributed by atoms with Gasteiger partial charge in [0, 0.05) is 11.8 Å². The first kappa shape index (κ1) is 22.9. The van der Waals surface area contributed by atoms with Crippen LogP contribution in [0, 0.1) is 6.92 Å². The average molecular weight is 417 g/mol. The molecule has 0 bridgehead atoms. The third kappa shape index (κ3) is 5.59. The molecule has 1 heterocycles. The highest BCUT2D eigenvalue weighted by Gasteiger charge is 2.29. The van der Waals surface area contributed by atoms with E-state index in [-0.39, 0.29) is 18.5 Å². The molecule has 2 aromatic rings. The Morgan fingerprint density at radius 2 is 1.93 bits per heavy atom. The Morgan fingerprint density at radius 1 is 1.23 bits per heavy atom. The van der Waals surface area contributed by atoms with E-state index in [1.807, 2.05) is 31.2 Å². The number of nitrogens with one attached hydrogen (secondary N) is 1. The van der Waals surface area contributed by atoms with Crippen LogP contribution >= 0.6 is 0 Å². The predicted molar refractivity (Wildman–Crippen MR) is 107 cm³/mol. The second-order valence-corrected chi connectivity index (χ2v) is 6.90. The monoisotopic (exact) mass is 417 g/mol. The van der Waals surface area contributed by atoms with Crippen molar-refractivity contribution in [1.82, 2.24) is 15.1 Å². The number of Topliss-reactive ketones (excluding diaryl/α,β-unsaturated/α-hetero) is 1. The largest absolute Gasteiger partial charge is 0.481 e. The fraction of sp³-hybridized carbons (Fsp3) is 0.381. The number of alkyl halides is 1. The Hall–Kier alpha value is -3.36. The van der Waals surface area contributed by atoms with E-state index in [0.29, 0.717) is 0 Å². The molecule has 9 heteroatoms. The van der Waals surface area contributed by atoms with Crippen molar-refractivity contribution in [2.24, 2.45) is 0 Å². The second kappa shape index (κ2) is 10.4. The number of halogens is 1. The molecule has 8 nitrogen and oxygen atoms in total. The molecule has 2 atom stereocenters. The summed E-state index contributed by atoms with van der Waals surface area (Å²) in [7, 11) is 0. The smallest absolute Gasteiger partial charge is 0.305 e. The third-order valence-electron chi connectivity index (χ3n) is 4.84. The van der Waals surface area contributed by atoms with Crippen LogP contribution in [0.2, 0.25) is 0 Å². The number of hydrogen-bond acceptors (Lipinski definition) is 5. The molecule has 0 spiro atoms. The van der Waals surface area contributed by atoms with E-state index in [1.54, 1.807) is 6.92 Å². The summed E-state index contributed by atoms with van der Waals surface area (Å²) in [4.78, 5) is 48.2. The maximum Gasteiger partial charge on any atom is 0.305 e. The SMILES string of the molecule is CCC(C(=O)NC(CC(=O)O)C(=O)CF)c1ccnn(Cc2ccccc2C)c1=O. The van der Waals surface area contributed by atoms with Crippen molar-refractivity contribution in [1.29, 1.82) is 0 Å². The van der Waals surface area contributed by atoms with Gasteiger partial charge in [-0.25, -0.2) is 9.07 Å². The molecule has 0 aliphatic heterocycles. The molecule has 0 fully saturated rings. The van der Waals surface area contributed by atoms with E-state index in [0.717, 1.165) is 11.1 Å². The summed E-state index contributed by atoms with van der Waals surface area (Å²) < 4.78 is 14.0. The van der Waals surface area contributed by atoms with Gasteiger partial charge < -0.3 is 10.4 Å². The number of amides is 1. The number of carbonyl (C=O) groups excluding carboxylic acids is 2. The molecular formula is C21H24FN3O5. The molecule has 2 rings (SSSR count).